The summed E-state index contributed by atoms with van der Waals surface area (Å²) in [5.41, 5.74) is 3.19. The van der Waals surface area contributed by atoms with E-state index in [0.29, 0.717) is 5.57 Å². The lowest BCUT2D eigenvalue weighted by Gasteiger charge is -2.46. The van der Waals surface area contributed by atoms with Gasteiger partial charge in [-0.1, -0.05) is 27.7 Å². The summed E-state index contributed by atoms with van der Waals surface area (Å²) in [5, 5.41) is 15.2. The van der Waals surface area contributed by atoms with Gasteiger partial charge in [-0.3, -0.25) is 14.5 Å². The zero-order chi connectivity index (χ0) is 27.0. The van der Waals surface area contributed by atoms with Crippen LogP contribution in [0.3, 0.4) is 0 Å². The van der Waals surface area contributed by atoms with Gasteiger partial charge in [0.15, 0.2) is 5.13 Å². The molecule has 2 amide bonds. The summed E-state index contributed by atoms with van der Waals surface area (Å²) in [6.07, 6.45) is 0.153. The number of oxime groups is 1. The number of hydrogen-bond acceptors (Lipinski definition) is 12. The Balaban J connectivity index is 1.90. The van der Waals surface area contributed by atoms with Crippen molar-refractivity contribution in [2.45, 2.75) is 63.0 Å². The summed E-state index contributed by atoms with van der Waals surface area (Å²) in [4.78, 5) is 60.4. The Labute approximate surface area is 228 Å². The van der Waals surface area contributed by atoms with Crippen molar-refractivity contribution in [1.29, 1.82) is 0 Å². The van der Waals surface area contributed by atoms with Gasteiger partial charge < -0.3 is 25.7 Å². The van der Waals surface area contributed by atoms with E-state index in [1.807, 2.05) is 22.6 Å². The quantitative estimate of drug-likeness (QED) is 0.0923. The molecule has 2 unspecified atom stereocenters. The Hall–Kier alpha value is -2.47. The lowest BCUT2D eigenvalue weighted by atomic mass is 10.1. The second-order valence-electron chi connectivity index (χ2n) is 9.22. The van der Waals surface area contributed by atoms with Crippen molar-refractivity contribution < 1.29 is 33.9 Å². The number of aromatic nitrogens is 2. The molecule has 0 spiro atoms. The lowest BCUT2D eigenvalue weighted by Crippen LogP contribution is -2.57. The molecule has 2 atom stereocenters. The van der Waals surface area contributed by atoms with Crippen molar-refractivity contribution in [2.24, 2.45) is 5.16 Å². The van der Waals surface area contributed by atoms with Crippen LogP contribution in [0.25, 0.3) is 0 Å². The van der Waals surface area contributed by atoms with E-state index in [-0.39, 0.29) is 39.1 Å². The van der Waals surface area contributed by atoms with Crippen molar-refractivity contribution in [3.05, 3.63) is 17.1 Å². The van der Waals surface area contributed by atoms with E-state index in [0.717, 1.165) is 11.5 Å². The minimum atomic E-state index is -1.56. The largest absolute Gasteiger partial charge is 0.477 e. The van der Waals surface area contributed by atoms with Gasteiger partial charge in [0.2, 0.25) is 23.0 Å². The topological polar surface area (TPSA) is 186 Å². The van der Waals surface area contributed by atoms with E-state index >= 15 is 0 Å². The molecule has 2 aliphatic rings. The third-order valence-corrected chi connectivity index (χ3v) is 7.52. The molecule has 1 saturated heterocycles. The number of fused-ring (bicyclic) bond motifs is 1. The molecular weight excluding hydrogens is 627 g/mol. The number of halogens is 1. The van der Waals surface area contributed by atoms with Gasteiger partial charge in [-0.05, 0) is 34.6 Å². The number of nitrogens with two attached hydrogens (primary N) is 1. The maximum absolute atomic E-state index is 13.3. The predicted octanol–water partition coefficient (Wildman–Crippen LogP) is 1.48. The van der Waals surface area contributed by atoms with Crippen LogP contribution in [0.2, 0.25) is 0 Å². The molecule has 1 aromatic rings. The third kappa shape index (κ3) is 6.08. The molecule has 36 heavy (non-hydrogen) atoms. The zero-order valence-electron chi connectivity index (χ0n) is 20.0. The SMILES string of the molecule is CC(C)(C)OC(=O)C(C)(C)O/N=C(\C(=O)NC1SC2CC(=O)N2C(C(=O)O)=C1CI)c1nsc(N)n1. The molecule has 13 nitrogen and oxygen atoms in total. The smallest absolute Gasteiger partial charge is 0.353 e. The van der Waals surface area contributed by atoms with Crippen molar-refractivity contribution in [3.63, 3.8) is 0 Å². The molecule has 0 aromatic carbocycles. The Kier molecular flexibility index (Phi) is 8.19. The van der Waals surface area contributed by atoms with Gasteiger partial charge in [-0.25, -0.2) is 9.59 Å². The number of carboxylic acid groups (broad SMARTS) is 1. The van der Waals surface area contributed by atoms with Crippen LogP contribution in [0.1, 0.15) is 46.9 Å². The molecular formula is C20H25IN6O7S2. The number of esters is 1. The Bertz CT molecular complexity index is 1160. The van der Waals surface area contributed by atoms with Gasteiger partial charge in [-0.2, -0.15) is 9.36 Å². The Morgan fingerprint density at radius 2 is 1.97 bits per heavy atom. The molecule has 16 heteroatoms. The van der Waals surface area contributed by atoms with Crippen LogP contribution in [0, 0.1) is 0 Å². The maximum atomic E-state index is 13.3. The summed E-state index contributed by atoms with van der Waals surface area (Å²) < 4.78 is 9.60. The van der Waals surface area contributed by atoms with Crippen LogP contribution in [-0.4, -0.2) is 75.2 Å². The van der Waals surface area contributed by atoms with Crippen molar-refractivity contribution in [2.75, 3.05) is 10.2 Å². The molecule has 0 saturated carbocycles. The van der Waals surface area contributed by atoms with Crippen LogP contribution < -0.4 is 11.1 Å². The van der Waals surface area contributed by atoms with E-state index < -0.39 is 39.8 Å². The first kappa shape index (κ1) is 28.1. The van der Waals surface area contributed by atoms with Crippen molar-refractivity contribution in [1.82, 2.24) is 19.6 Å². The molecule has 4 N–H and O–H groups in total. The van der Waals surface area contributed by atoms with Gasteiger partial charge in [0.1, 0.15) is 16.7 Å². The zero-order valence-corrected chi connectivity index (χ0v) is 23.8. The fourth-order valence-electron chi connectivity index (χ4n) is 3.08. The van der Waals surface area contributed by atoms with E-state index in [2.05, 4.69) is 19.8 Å². The first-order valence-corrected chi connectivity index (χ1v) is 13.8. The molecule has 3 heterocycles. The molecule has 1 fully saturated rings. The summed E-state index contributed by atoms with van der Waals surface area (Å²) in [7, 11) is 0. The van der Waals surface area contributed by atoms with Crippen LogP contribution in [-0.2, 0) is 28.8 Å². The normalized spacial score (nSPS) is 20.4. The molecule has 1 aromatic heterocycles. The first-order chi connectivity index (χ1) is 16.6. The molecule has 0 bridgehead atoms. The number of β-lactam (4-membered cyclic amide) rings is 1. The van der Waals surface area contributed by atoms with E-state index in [1.165, 1.54) is 30.5 Å². The predicted molar refractivity (Wildman–Crippen MR) is 140 cm³/mol. The number of alkyl halides is 1. The molecule has 196 valence electrons. The summed E-state index contributed by atoms with van der Waals surface area (Å²) in [6, 6.07) is 0. The Morgan fingerprint density at radius 3 is 2.47 bits per heavy atom. The summed E-state index contributed by atoms with van der Waals surface area (Å²) in [6.45, 7) is 7.96. The fraction of sp³-hybridized carbons (Fsp3) is 0.550. The van der Waals surface area contributed by atoms with Gasteiger partial charge in [0.25, 0.3) is 5.91 Å². The number of carbonyl (C=O) groups excluding carboxylic acids is 3. The number of rotatable bonds is 8. The average Bonchev–Trinajstić information content (AvgIpc) is 3.17. The molecule has 3 rings (SSSR count). The second-order valence-corrected chi connectivity index (χ2v) is 12.1. The van der Waals surface area contributed by atoms with Crippen LogP contribution in [0.15, 0.2) is 16.4 Å². The number of carboxylic acids is 1. The van der Waals surface area contributed by atoms with Crippen LogP contribution in [0.4, 0.5) is 5.13 Å². The summed E-state index contributed by atoms with van der Waals surface area (Å²) in [5.74, 6) is -3.17. The van der Waals surface area contributed by atoms with Gasteiger partial charge >= 0.3 is 11.9 Å². The second kappa shape index (κ2) is 10.5. The van der Waals surface area contributed by atoms with E-state index in [4.69, 9.17) is 15.3 Å². The number of nitrogens with one attached hydrogen (secondary N) is 1. The number of nitrogens with zero attached hydrogens (tertiary/aromatic N) is 4. The molecule has 0 radical (unpaired) electrons. The van der Waals surface area contributed by atoms with Gasteiger partial charge in [0, 0.05) is 21.5 Å². The number of ether oxygens (including phenoxy) is 1. The van der Waals surface area contributed by atoms with Crippen molar-refractivity contribution in [3.8, 4) is 0 Å². The van der Waals surface area contributed by atoms with Crippen LogP contribution >= 0.6 is 45.9 Å². The van der Waals surface area contributed by atoms with E-state index in [1.54, 1.807) is 20.8 Å². The fourth-order valence-corrected chi connectivity index (χ4v) is 6.05. The van der Waals surface area contributed by atoms with Crippen molar-refractivity contribution >= 4 is 80.5 Å². The maximum Gasteiger partial charge on any atom is 0.353 e. The highest BCUT2D eigenvalue weighted by atomic mass is 127. The number of thioether (sulfide) groups is 1. The highest BCUT2D eigenvalue weighted by Gasteiger charge is 2.49. The number of aliphatic carboxylic acids is 1. The third-order valence-electron chi connectivity index (χ3n) is 4.79. The molecule has 2 aliphatic heterocycles. The minimum absolute atomic E-state index is 0.0774. The summed E-state index contributed by atoms with van der Waals surface area (Å²) >= 11 is 4.04. The number of amides is 2. The minimum Gasteiger partial charge on any atom is -0.477 e. The Morgan fingerprint density at radius 1 is 1.31 bits per heavy atom. The highest BCUT2D eigenvalue weighted by Crippen LogP contribution is 2.43. The van der Waals surface area contributed by atoms with Gasteiger partial charge in [-0.15, -0.1) is 11.8 Å². The standard InChI is InChI=1S/C20H25IN6O7S2/c1-19(2,3)33-17(32)20(4,5)34-25-11(13-23-18(22)36-26-13)14(29)24-15-8(7-21)12(16(30)31)27-9(28)6-10(27)35-15/h10,15H,6-7H2,1-5H3,(H,24,29)(H,30,31)(H2,22,23,26)/b25-11-. The number of nitrogen functional groups attached to an aromatic ring is 1. The van der Waals surface area contributed by atoms with Gasteiger partial charge in [0.05, 0.1) is 11.8 Å². The van der Waals surface area contributed by atoms with Crippen LogP contribution in [0.5, 0.6) is 0 Å². The molecule has 0 aliphatic carbocycles. The monoisotopic (exact) mass is 652 g/mol. The highest BCUT2D eigenvalue weighted by molar-refractivity contribution is 14.1. The lowest BCUT2D eigenvalue weighted by molar-refractivity contribution is -0.179. The number of hydrogen-bond donors (Lipinski definition) is 3. The first-order valence-electron chi connectivity index (χ1n) is 10.5. The number of carbonyl (C=O) groups is 4. The average molecular weight is 652 g/mol. The van der Waals surface area contributed by atoms with E-state index in [9.17, 15) is 24.3 Å². The number of anilines is 1.